The Hall–Kier alpha value is -0.870. The van der Waals surface area contributed by atoms with Crippen LogP contribution >= 0.6 is 11.3 Å². The highest BCUT2D eigenvalue weighted by atomic mass is 32.1. The lowest BCUT2D eigenvalue weighted by molar-refractivity contribution is -0.124. The van der Waals surface area contributed by atoms with Crippen LogP contribution in [0.5, 0.6) is 0 Å². The Morgan fingerprint density at radius 1 is 1.29 bits per heavy atom. The van der Waals surface area contributed by atoms with E-state index in [1.54, 1.807) is 11.3 Å². The number of rotatable bonds is 5. The van der Waals surface area contributed by atoms with Crippen molar-refractivity contribution in [2.24, 2.45) is 17.6 Å². The number of nitrogens with two attached hydrogens (primary N) is 1. The summed E-state index contributed by atoms with van der Waals surface area (Å²) < 4.78 is 0. The molecule has 1 heterocycles. The van der Waals surface area contributed by atoms with Crippen LogP contribution < -0.4 is 11.1 Å². The van der Waals surface area contributed by atoms with Crippen LogP contribution in [-0.4, -0.2) is 11.9 Å². The molecule has 17 heavy (non-hydrogen) atoms. The predicted octanol–water partition coefficient (Wildman–Crippen LogP) is 2.54. The second kappa shape index (κ2) is 6.17. The molecule has 0 spiro atoms. The molecule has 0 radical (unpaired) electrons. The number of carbonyl (C=O) groups excluding carboxylic acids is 1. The lowest BCUT2D eigenvalue weighted by atomic mass is 10.00. The molecule has 0 fully saturated rings. The summed E-state index contributed by atoms with van der Waals surface area (Å²) in [5.74, 6) is 0.454. The Morgan fingerprint density at radius 2 is 1.94 bits per heavy atom. The summed E-state index contributed by atoms with van der Waals surface area (Å²) in [6.45, 7) is 8.12. The van der Waals surface area contributed by atoms with E-state index in [1.807, 2.05) is 25.3 Å². The minimum atomic E-state index is -0.434. The average Bonchev–Trinajstić information content (AvgIpc) is 2.76. The van der Waals surface area contributed by atoms with Crippen LogP contribution in [0, 0.1) is 11.8 Å². The Kier molecular flexibility index (Phi) is 5.15. The van der Waals surface area contributed by atoms with Gasteiger partial charge >= 0.3 is 0 Å². The van der Waals surface area contributed by atoms with E-state index in [1.165, 1.54) is 4.88 Å². The van der Waals surface area contributed by atoms with Gasteiger partial charge in [0.25, 0.3) is 0 Å². The van der Waals surface area contributed by atoms with Crippen molar-refractivity contribution in [2.75, 3.05) is 0 Å². The van der Waals surface area contributed by atoms with Crippen LogP contribution in [0.1, 0.15) is 38.6 Å². The molecule has 1 rings (SSSR count). The van der Waals surface area contributed by atoms with Crippen molar-refractivity contribution in [2.45, 2.75) is 39.8 Å². The molecule has 3 nitrogen and oxygen atoms in total. The van der Waals surface area contributed by atoms with Gasteiger partial charge in [-0.2, -0.15) is 0 Å². The molecule has 4 heteroatoms. The van der Waals surface area contributed by atoms with Crippen LogP contribution in [0.25, 0.3) is 0 Å². The van der Waals surface area contributed by atoms with Gasteiger partial charge in [-0.05, 0) is 23.3 Å². The molecule has 2 atom stereocenters. The van der Waals surface area contributed by atoms with Gasteiger partial charge in [-0.1, -0.05) is 33.8 Å². The summed E-state index contributed by atoms with van der Waals surface area (Å²) in [6.07, 6.45) is 0. The fourth-order valence-electron chi connectivity index (χ4n) is 1.59. The Bertz CT molecular complexity index is 346. The molecule has 1 amide bonds. The molecule has 0 bridgehead atoms. The maximum absolute atomic E-state index is 12.0. The van der Waals surface area contributed by atoms with Gasteiger partial charge in [0.05, 0.1) is 12.1 Å². The van der Waals surface area contributed by atoms with Gasteiger partial charge < -0.3 is 11.1 Å². The maximum atomic E-state index is 12.0. The normalized spacial score (nSPS) is 15.0. The minimum absolute atomic E-state index is 0.0623. The van der Waals surface area contributed by atoms with Crippen LogP contribution in [-0.2, 0) is 4.79 Å². The van der Waals surface area contributed by atoms with E-state index in [4.69, 9.17) is 5.73 Å². The zero-order valence-corrected chi connectivity index (χ0v) is 11.8. The molecule has 0 aliphatic carbocycles. The van der Waals surface area contributed by atoms with Crippen molar-refractivity contribution >= 4 is 17.2 Å². The minimum Gasteiger partial charge on any atom is -0.347 e. The van der Waals surface area contributed by atoms with E-state index in [0.717, 1.165) is 0 Å². The highest BCUT2D eigenvalue weighted by molar-refractivity contribution is 7.10. The van der Waals surface area contributed by atoms with E-state index in [2.05, 4.69) is 25.2 Å². The van der Waals surface area contributed by atoms with Crippen molar-refractivity contribution in [3.05, 3.63) is 22.4 Å². The molecule has 3 N–H and O–H groups in total. The van der Waals surface area contributed by atoms with Gasteiger partial charge in [0.2, 0.25) is 5.91 Å². The summed E-state index contributed by atoms with van der Waals surface area (Å²) in [7, 11) is 0. The molecule has 0 aliphatic heterocycles. The fourth-order valence-corrected chi connectivity index (χ4v) is 2.54. The zero-order chi connectivity index (χ0) is 13.0. The first-order chi connectivity index (χ1) is 7.93. The van der Waals surface area contributed by atoms with Gasteiger partial charge in [-0.3, -0.25) is 4.79 Å². The quantitative estimate of drug-likeness (QED) is 0.848. The molecule has 0 saturated heterocycles. The molecular formula is C13H22N2OS. The first-order valence-electron chi connectivity index (χ1n) is 6.02. The molecular weight excluding hydrogens is 232 g/mol. The molecule has 1 aromatic rings. The van der Waals surface area contributed by atoms with Crippen LogP contribution in [0.3, 0.4) is 0 Å². The van der Waals surface area contributed by atoms with Crippen molar-refractivity contribution in [1.82, 2.24) is 5.32 Å². The Morgan fingerprint density at radius 3 is 2.35 bits per heavy atom. The van der Waals surface area contributed by atoms with Crippen LogP contribution in [0.15, 0.2) is 17.5 Å². The van der Waals surface area contributed by atoms with Gasteiger partial charge in [0.15, 0.2) is 0 Å². The Balaban J connectivity index is 2.72. The van der Waals surface area contributed by atoms with E-state index < -0.39 is 6.04 Å². The monoisotopic (exact) mass is 254 g/mol. The van der Waals surface area contributed by atoms with E-state index in [0.29, 0.717) is 5.92 Å². The number of nitrogens with one attached hydrogen (secondary N) is 1. The largest absolute Gasteiger partial charge is 0.347 e. The molecule has 0 aliphatic rings. The Labute approximate surface area is 107 Å². The molecule has 0 saturated carbocycles. The molecule has 96 valence electrons. The predicted molar refractivity (Wildman–Crippen MR) is 72.9 cm³/mol. The standard InChI is InChI=1S/C13H22N2OS/c1-8(2)11(14)13(16)15-12(9(3)4)10-6-5-7-17-10/h5-9,11-12H,14H2,1-4H3,(H,15,16)/t11-,12?/m0/s1. The fraction of sp³-hybridized carbons (Fsp3) is 0.615. The third-order valence-corrected chi connectivity index (χ3v) is 3.79. The second-order valence-electron chi connectivity index (χ2n) is 5.02. The highest BCUT2D eigenvalue weighted by Gasteiger charge is 2.23. The van der Waals surface area contributed by atoms with E-state index in [9.17, 15) is 4.79 Å². The SMILES string of the molecule is CC(C)C(NC(=O)[C@@H](N)C(C)C)c1cccs1. The third kappa shape index (κ3) is 3.82. The van der Waals surface area contributed by atoms with Crippen LogP contribution in [0.4, 0.5) is 0 Å². The number of amides is 1. The molecule has 1 aromatic heterocycles. The highest BCUT2D eigenvalue weighted by Crippen LogP contribution is 2.25. The van der Waals surface area contributed by atoms with Crippen molar-refractivity contribution in [3.8, 4) is 0 Å². The third-order valence-electron chi connectivity index (χ3n) is 2.84. The number of carbonyl (C=O) groups is 1. The lowest BCUT2D eigenvalue weighted by Gasteiger charge is -2.24. The molecule has 1 unspecified atom stereocenters. The van der Waals surface area contributed by atoms with Gasteiger partial charge in [0.1, 0.15) is 0 Å². The summed E-state index contributed by atoms with van der Waals surface area (Å²) >= 11 is 1.67. The van der Waals surface area contributed by atoms with Gasteiger partial charge in [-0.15, -0.1) is 11.3 Å². The summed E-state index contributed by atoms with van der Waals surface area (Å²) in [6, 6.07) is 3.68. The number of hydrogen-bond donors (Lipinski definition) is 2. The van der Waals surface area contributed by atoms with Gasteiger partial charge in [-0.25, -0.2) is 0 Å². The molecule has 0 aromatic carbocycles. The second-order valence-corrected chi connectivity index (χ2v) is 5.99. The first kappa shape index (κ1) is 14.2. The maximum Gasteiger partial charge on any atom is 0.237 e. The number of hydrogen-bond acceptors (Lipinski definition) is 3. The lowest BCUT2D eigenvalue weighted by Crippen LogP contribution is -2.46. The topological polar surface area (TPSA) is 55.1 Å². The zero-order valence-electron chi connectivity index (χ0n) is 10.9. The summed E-state index contributed by atoms with van der Waals surface area (Å²) in [5.41, 5.74) is 5.85. The van der Waals surface area contributed by atoms with Crippen molar-refractivity contribution < 1.29 is 4.79 Å². The first-order valence-corrected chi connectivity index (χ1v) is 6.90. The summed E-state index contributed by atoms with van der Waals surface area (Å²) in [4.78, 5) is 13.1. The number of thiophene rings is 1. The van der Waals surface area contributed by atoms with Crippen LogP contribution in [0.2, 0.25) is 0 Å². The summed E-state index contributed by atoms with van der Waals surface area (Å²) in [5, 5.41) is 5.07. The average molecular weight is 254 g/mol. The van der Waals surface area contributed by atoms with Crippen molar-refractivity contribution in [3.63, 3.8) is 0 Å². The smallest absolute Gasteiger partial charge is 0.237 e. The van der Waals surface area contributed by atoms with E-state index in [-0.39, 0.29) is 17.9 Å². The van der Waals surface area contributed by atoms with E-state index >= 15 is 0 Å². The van der Waals surface area contributed by atoms with Crippen molar-refractivity contribution in [1.29, 1.82) is 0 Å². The van der Waals surface area contributed by atoms with Gasteiger partial charge in [0, 0.05) is 4.88 Å².